The summed E-state index contributed by atoms with van der Waals surface area (Å²) in [7, 11) is 0. The van der Waals surface area contributed by atoms with Gasteiger partial charge in [0.2, 0.25) is 0 Å². The van der Waals surface area contributed by atoms with Crippen LogP contribution in [0.4, 0.5) is 11.6 Å². The van der Waals surface area contributed by atoms with Crippen molar-refractivity contribution >= 4 is 40.0 Å². The molecular weight excluding hydrogens is 310 g/mol. The molecule has 22 heavy (non-hydrogen) atoms. The standard InChI is InChI=1S/C14H8ClN3O4/c15-9-3-4-10(13-8(9)2-1-7-16-13)17-14(19)11-5-6-12(22-11)18(20)21/h1-7H,(H,17,19). The maximum atomic E-state index is 12.1. The molecule has 0 radical (unpaired) electrons. The fourth-order valence-electron chi connectivity index (χ4n) is 1.97. The molecule has 0 aliphatic rings. The summed E-state index contributed by atoms with van der Waals surface area (Å²) >= 11 is 6.07. The van der Waals surface area contributed by atoms with E-state index in [1.165, 1.54) is 6.07 Å². The number of amides is 1. The number of halogens is 1. The Morgan fingerprint density at radius 2 is 2.09 bits per heavy atom. The van der Waals surface area contributed by atoms with Crippen molar-refractivity contribution in [1.82, 2.24) is 4.98 Å². The molecule has 2 heterocycles. The van der Waals surface area contributed by atoms with Gasteiger partial charge in [0.1, 0.15) is 4.92 Å². The van der Waals surface area contributed by atoms with Crippen LogP contribution < -0.4 is 5.32 Å². The van der Waals surface area contributed by atoms with Crippen molar-refractivity contribution in [2.75, 3.05) is 5.32 Å². The second kappa shape index (κ2) is 5.45. The highest BCUT2D eigenvalue weighted by Gasteiger charge is 2.18. The molecule has 1 amide bonds. The number of nitrogens with one attached hydrogen (secondary N) is 1. The van der Waals surface area contributed by atoms with E-state index >= 15 is 0 Å². The van der Waals surface area contributed by atoms with Crippen LogP contribution in [-0.2, 0) is 0 Å². The van der Waals surface area contributed by atoms with Gasteiger partial charge in [0.05, 0.1) is 22.3 Å². The first-order valence-corrected chi connectivity index (χ1v) is 6.53. The van der Waals surface area contributed by atoms with E-state index in [2.05, 4.69) is 10.3 Å². The first kappa shape index (κ1) is 14.0. The monoisotopic (exact) mass is 317 g/mol. The molecule has 3 rings (SSSR count). The molecule has 0 bridgehead atoms. The summed E-state index contributed by atoms with van der Waals surface area (Å²) in [6, 6.07) is 9.10. The molecule has 0 aliphatic heterocycles. The Hall–Kier alpha value is -2.93. The molecule has 0 saturated carbocycles. The predicted molar refractivity (Wildman–Crippen MR) is 80.1 cm³/mol. The number of fused-ring (bicyclic) bond motifs is 1. The first-order chi connectivity index (χ1) is 10.6. The molecule has 0 spiro atoms. The van der Waals surface area contributed by atoms with Crippen molar-refractivity contribution < 1.29 is 14.1 Å². The Morgan fingerprint density at radius 1 is 1.27 bits per heavy atom. The molecule has 3 aromatic rings. The summed E-state index contributed by atoms with van der Waals surface area (Å²) in [5, 5.41) is 14.4. The highest BCUT2D eigenvalue weighted by molar-refractivity contribution is 6.36. The van der Waals surface area contributed by atoms with Crippen LogP contribution in [-0.4, -0.2) is 15.8 Å². The van der Waals surface area contributed by atoms with Crippen molar-refractivity contribution in [3.05, 3.63) is 63.5 Å². The van der Waals surface area contributed by atoms with Crippen LogP contribution in [0.25, 0.3) is 10.9 Å². The van der Waals surface area contributed by atoms with Gasteiger partial charge in [0.25, 0.3) is 5.91 Å². The van der Waals surface area contributed by atoms with Gasteiger partial charge in [0, 0.05) is 11.6 Å². The smallest absolute Gasteiger partial charge is 0.395 e. The van der Waals surface area contributed by atoms with E-state index < -0.39 is 16.7 Å². The number of rotatable bonds is 3. The van der Waals surface area contributed by atoms with E-state index in [4.69, 9.17) is 16.0 Å². The zero-order chi connectivity index (χ0) is 15.7. The highest BCUT2D eigenvalue weighted by atomic mass is 35.5. The van der Waals surface area contributed by atoms with Crippen LogP contribution in [0.2, 0.25) is 5.02 Å². The van der Waals surface area contributed by atoms with Crippen LogP contribution in [0.15, 0.2) is 47.0 Å². The van der Waals surface area contributed by atoms with Crippen molar-refractivity contribution in [1.29, 1.82) is 0 Å². The number of nitrogens with zero attached hydrogens (tertiary/aromatic N) is 2. The summed E-state index contributed by atoms with van der Waals surface area (Å²) < 4.78 is 4.86. The average molecular weight is 318 g/mol. The molecule has 8 heteroatoms. The lowest BCUT2D eigenvalue weighted by molar-refractivity contribution is -0.402. The number of furan rings is 1. The Balaban J connectivity index is 1.94. The van der Waals surface area contributed by atoms with E-state index in [0.717, 1.165) is 6.07 Å². The van der Waals surface area contributed by atoms with Crippen LogP contribution in [0, 0.1) is 10.1 Å². The molecular formula is C14H8ClN3O4. The molecule has 0 unspecified atom stereocenters. The van der Waals surface area contributed by atoms with Crippen molar-refractivity contribution in [2.24, 2.45) is 0 Å². The Morgan fingerprint density at radius 3 is 2.82 bits per heavy atom. The van der Waals surface area contributed by atoms with Crippen LogP contribution in [0.3, 0.4) is 0 Å². The Kier molecular flexibility index (Phi) is 3.48. The minimum Gasteiger partial charge on any atom is -0.395 e. The second-order valence-corrected chi connectivity index (χ2v) is 4.75. The quantitative estimate of drug-likeness (QED) is 0.587. The average Bonchev–Trinajstić information content (AvgIpc) is 3.01. The third-order valence-electron chi connectivity index (χ3n) is 2.96. The SMILES string of the molecule is O=C(Nc1ccc(Cl)c2cccnc12)c1ccc([N+](=O)[O-])o1. The molecule has 1 aromatic carbocycles. The molecule has 110 valence electrons. The second-order valence-electron chi connectivity index (χ2n) is 4.34. The van der Waals surface area contributed by atoms with Gasteiger partial charge < -0.3 is 9.73 Å². The number of carbonyl (C=O) groups is 1. The van der Waals surface area contributed by atoms with E-state index in [0.29, 0.717) is 21.6 Å². The number of nitro groups is 1. The number of hydrogen-bond acceptors (Lipinski definition) is 5. The minimum atomic E-state index is -0.712. The molecule has 7 nitrogen and oxygen atoms in total. The van der Waals surface area contributed by atoms with E-state index in [1.807, 2.05) is 0 Å². The van der Waals surface area contributed by atoms with E-state index in [9.17, 15) is 14.9 Å². The summed E-state index contributed by atoms with van der Waals surface area (Å²) in [6.45, 7) is 0. The third-order valence-corrected chi connectivity index (χ3v) is 3.29. The van der Waals surface area contributed by atoms with Gasteiger partial charge in [-0.1, -0.05) is 11.6 Å². The fourth-order valence-corrected chi connectivity index (χ4v) is 2.19. The van der Waals surface area contributed by atoms with Gasteiger partial charge >= 0.3 is 5.88 Å². The largest absolute Gasteiger partial charge is 0.433 e. The lowest BCUT2D eigenvalue weighted by atomic mass is 10.2. The normalized spacial score (nSPS) is 10.6. The lowest BCUT2D eigenvalue weighted by Crippen LogP contribution is -2.11. The number of aromatic nitrogens is 1. The summed E-state index contributed by atoms with van der Waals surface area (Å²) in [5.74, 6) is -1.27. The van der Waals surface area contributed by atoms with Crippen LogP contribution in [0.5, 0.6) is 0 Å². The number of carbonyl (C=O) groups excluding carboxylic acids is 1. The number of benzene rings is 1. The molecule has 0 saturated heterocycles. The lowest BCUT2D eigenvalue weighted by Gasteiger charge is -2.07. The summed E-state index contributed by atoms with van der Waals surface area (Å²) in [4.78, 5) is 26.1. The maximum Gasteiger partial charge on any atom is 0.433 e. The maximum absolute atomic E-state index is 12.1. The van der Waals surface area contributed by atoms with Gasteiger partial charge in [-0.25, -0.2) is 0 Å². The zero-order valence-electron chi connectivity index (χ0n) is 10.9. The van der Waals surface area contributed by atoms with E-state index in [-0.39, 0.29) is 5.76 Å². The van der Waals surface area contributed by atoms with Crippen molar-refractivity contribution in [3.63, 3.8) is 0 Å². The van der Waals surface area contributed by atoms with Gasteiger partial charge in [-0.05, 0) is 30.3 Å². The number of hydrogen-bond donors (Lipinski definition) is 1. The third kappa shape index (κ3) is 2.49. The molecule has 0 aliphatic carbocycles. The fraction of sp³-hybridized carbons (Fsp3) is 0. The molecule has 2 aromatic heterocycles. The van der Waals surface area contributed by atoms with Gasteiger partial charge in [-0.15, -0.1) is 0 Å². The van der Waals surface area contributed by atoms with Crippen LogP contribution in [0.1, 0.15) is 10.6 Å². The number of anilines is 1. The Bertz CT molecular complexity index is 891. The van der Waals surface area contributed by atoms with Crippen LogP contribution >= 0.6 is 11.6 Å². The predicted octanol–water partition coefficient (Wildman–Crippen LogP) is 3.64. The molecule has 0 fully saturated rings. The number of pyridine rings is 1. The van der Waals surface area contributed by atoms with E-state index in [1.54, 1.807) is 30.5 Å². The van der Waals surface area contributed by atoms with Crippen molar-refractivity contribution in [3.8, 4) is 0 Å². The van der Waals surface area contributed by atoms with Gasteiger partial charge in [-0.3, -0.25) is 19.9 Å². The van der Waals surface area contributed by atoms with Gasteiger partial charge in [0.15, 0.2) is 5.76 Å². The topological polar surface area (TPSA) is 98.3 Å². The minimum absolute atomic E-state index is 0.161. The Labute approximate surface area is 128 Å². The highest BCUT2D eigenvalue weighted by Crippen LogP contribution is 2.28. The molecule has 0 atom stereocenters. The first-order valence-electron chi connectivity index (χ1n) is 6.15. The summed E-state index contributed by atoms with van der Waals surface area (Å²) in [5.41, 5.74) is 0.952. The molecule has 1 N–H and O–H groups in total. The zero-order valence-corrected chi connectivity index (χ0v) is 11.7. The van der Waals surface area contributed by atoms with Crippen molar-refractivity contribution in [2.45, 2.75) is 0 Å². The van der Waals surface area contributed by atoms with Gasteiger partial charge in [-0.2, -0.15) is 0 Å². The summed E-state index contributed by atoms with van der Waals surface area (Å²) in [6.07, 6.45) is 1.58.